The molecule has 0 unspecified atom stereocenters. The molecule has 94 valence electrons. The number of halogens is 1. The first kappa shape index (κ1) is 12.9. The van der Waals surface area contributed by atoms with Gasteiger partial charge in [-0.15, -0.1) is 0 Å². The zero-order valence-corrected chi connectivity index (χ0v) is 11.7. The van der Waals surface area contributed by atoms with Crippen molar-refractivity contribution in [3.63, 3.8) is 0 Å². The molecule has 0 amide bonds. The molecule has 0 atom stereocenters. The standard InChI is InChI=1S/C13H19BrN2O/c1-16(11-4-2-10(14)3-5-11)12-6-8-13(17-15)9-7-12/h2-5,12-13H,6-9,15H2,1H3. The number of hydrogen-bond acceptors (Lipinski definition) is 3. The molecule has 2 rings (SSSR count). The maximum atomic E-state index is 5.23. The number of nitrogens with zero attached hydrogens (tertiary/aromatic N) is 1. The molecule has 0 heterocycles. The van der Waals surface area contributed by atoms with Crippen LogP contribution in [0.1, 0.15) is 25.7 Å². The van der Waals surface area contributed by atoms with Crippen LogP contribution in [0.2, 0.25) is 0 Å². The number of anilines is 1. The summed E-state index contributed by atoms with van der Waals surface area (Å²) < 4.78 is 1.12. The minimum Gasteiger partial charge on any atom is -0.372 e. The Bertz CT molecular complexity index is 347. The van der Waals surface area contributed by atoms with E-state index in [2.05, 4.69) is 52.1 Å². The third-order valence-corrected chi connectivity index (χ3v) is 4.15. The van der Waals surface area contributed by atoms with Crippen molar-refractivity contribution in [1.82, 2.24) is 0 Å². The molecule has 0 aromatic heterocycles. The Labute approximate surface area is 111 Å². The highest BCUT2D eigenvalue weighted by Gasteiger charge is 2.24. The molecule has 1 aromatic rings. The Balaban J connectivity index is 1.96. The number of nitrogens with two attached hydrogens (primary N) is 1. The van der Waals surface area contributed by atoms with Crippen molar-refractivity contribution in [1.29, 1.82) is 0 Å². The molecule has 2 N–H and O–H groups in total. The highest BCUT2D eigenvalue weighted by Crippen LogP contribution is 2.27. The summed E-state index contributed by atoms with van der Waals surface area (Å²) in [6.07, 6.45) is 4.66. The molecule has 1 fully saturated rings. The molecule has 0 bridgehead atoms. The normalized spacial score (nSPS) is 24.6. The van der Waals surface area contributed by atoms with Crippen LogP contribution < -0.4 is 10.8 Å². The van der Waals surface area contributed by atoms with E-state index in [4.69, 9.17) is 10.7 Å². The first-order valence-electron chi connectivity index (χ1n) is 6.04. The minimum atomic E-state index is 0.254. The van der Waals surface area contributed by atoms with Gasteiger partial charge in [0.1, 0.15) is 0 Å². The van der Waals surface area contributed by atoms with Gasteiger partial charge < -0.3 is 9.74 Å². The van der Waals surface area contributed by atoms with Crippen LogP contribution in [0, 0.1) is 0 Å². The van der Waals surface area contributed by atoms with E-state index in [0.29, 0.717) is 6.04 Å². The molecule has 0 radical (unpaired) electrons. The first-order valence-corrected chi connectivity index (χ1v) is 6.84. The van der Waals surface area contributed by atoms with Crippen molar-refractivity contribution in [2.75, 3.05) is 11.9 Å². The Hall–Kier alpha value is -0.580. The quantitative estimate of drug-likeness (QED) is 0.872. The molecule has 1 saturated carbocycles. The van der Waals surface area contributed by atoms with E-state index >= 15 is 0 Å². The van der Waals surface area contributed by atoms with Crippen LogP contribution in [-0.2, 0) is 4.84 Å². The summed E-state index contributed by atoms with van der Waals surface area (Å²) >= 11 is 3.46. The van der Waals surface area contributed by atoms with Crippen molar-refractivity contribution in [2.24, 2.45) is 5.90 Å². The SMILES string of the molecule is CN(c1ccc(Br)cc1)C1CCC(ON)CC1. The smallest absolute Gasteiger partial charge is 0.0789 e. The van der Waals surface area contributed by atoms with Gasteiger partial charge >= 0.3 is 0 Å². The largest absolute Gasteiger partial charge is 0.372 e. The summed E-state index contributed by atoms with van der Waals surface area (Å²) in [6.45, 7) is 0. The Morgan fingerprint density at radius 2 is 1.76 bits per heavy atom. The fourth-order valence-electron chi connectivity index (χ4n) is 2.46. The first-order chi connectivity index (χ1) is 8.20. The molecule has 3 nitrogen and oxygen atoms in total. The van der Waals surface area contributed by atoms with Gasteiger partial charge in [-0.25, -0.2) is 5.90 Å². The zero-order chi connectivity index (χ0) is 12.3. The maximum absolute atomic E-state index is 5.23. The Morgan fingerprint density at radius 3 is 2.29 bits per heavy atom. The second-order valence-corrected chi connectivity index (χ2v) is 5.57. The van der Waals surface area contributed by atoms with Crippen LogP contribution >= 0.6 is 15.9 Å². The van der Waals surface area contributed by atoms with E-state index in [1.165, 1.54) is 5.69 Å². The van der Waals surface area contributed by atoms with Crippen LogP contribution in [0.5, 0.6) is 0 Å². The summed E-state index contributed by atoms with van der Waals surface area (Å²) in [6, 6.07) is 9.06. The minimum absolute atomic E-state index is 0.254. The molecule has 0 aliphatic heterocycles. The molecule has 1 aliphatic carbocycles. The van der Waals surface area contributed by atoms with Crippen molar-refractivity contribution < 1.29 is 4.84 Å². The topological polar surface area (TPSA) is 38.5 Å². The Kier molecular flexibility index (Phi) is 4.42. The predicted molar refractivity (Wildman–Crippen MR) is 73.9 cm³/mol. The Morgan fingerprint density at radius 1 is 1.18 bits per heavy atom. The van der Waals surface area contributed by atoms with Gasteiger partial charge in [-0.2, -0.15) is 0 Å². The highest BCUT2D eigenvalue weighted by atomic mass is 79.9. The third kappa shape index (κ3) is 3.21. The van der Waals surface area contributed by atoms with Crippen LogP contribution in [0.4, 0.5) is 5.69 Å². The van der Waals surface area contributed by atoms with Gasteiger partial charge in [-0.1, -0.05) is 15.9 Å². The van der Waals surface area contributed by atoms with Gasteiger partial charge in [0.15, 0.2) is 0 Å². The lowest BCUT2D eigenvalue weighted by Gasteiger charge is -2.35. The van der Waals surface area contributed by atoms with Gasteiger partial charge in [0.05, 0.1) is 6.10 Å². The zero-order valence-electron chi connectivity index (χ0n) is 10.1. The predicted octanol–water partition coefficient (Wildman–Crippen LogP) is 3.09. The van der Waals surface area contributed by atoms with Crippen LogP contribution in [0.25, 0.3) is 0 Å². The second kappa shape index (κ2) is 5.85. The lowest BCUT2D eigenvalue weighted by Crippen LogP contribution is -2.37. The molecular formula is C13H19BrN2O. The van der Waals surface area contributed by atoms with E-state index in [0.717, 1.165) is 30.2 Å². The number of hydrogen-bond donors (Lipinski definition) is 1. The van der Waals surface area contributed by atoms with Crippen LogP contribution in [0.3, 0.4) is 0 Å². The van der Waals surface area contributed by atoms with Gasteiger partial charge in [0.2, 0.25) is 0 Å². The second-order valence-electron chi connectivity index (χ2n) is 4.65. The summed E-state index contributed by atoms with van der Waals surface area (Å²) in [5, 5.41) is 0. The van der Waals surface area contributed by atoms with Crippen molar-refractivity contribution >= 4 is 21.6 Å². The average Bonchev–Trinajstić information content (AvgIpc) is 2.39. The fourth-order valence-corrected chi connectivity index (χ4v) is 2.72. The van der Waals surface area contributed by atoms with Gasteiger partial charge in [0, 0.05) is 23.2 Å². The number of benzene rings is 1. The fraction of sp³-hybridized carbons (Fsp3) is 0.538. The van der Waals surface area contributed by atoms with Gasteiger partial charge in [-0.3, -0.25) is 0 Å². The van der Waals surface area contributed by atoms with E-state index in [1.54, 1.807) is 0 Å². The lowest BCUT2D eigenvalue weighted by atomic mass is 9.92. The van der Waals surface area contributed by atoms with E-state index in [-0.39, 0.29) is 6.10 Å². The molecule has 4 heteroatoms. The van der Waals surface area contributed by atoms with Crippen molar-refractivity contribution in [2.45, 2.75) is 37.8 Å². The molecule has 1 aliphatic rings. The van der Waals surface area contributed by atoms with Crippen LogP contribution in [-0.4, -0.2) is 19.2 Å². The summed E-state index contributed by atoms with van der Waals surface area (Å²) in [5.74, 6) is 5.23. The molecular weight excluding hydrogens is 280 g/mol. The van der Waals surface area contributed by atoms with Gasteiger partial charge in [-0.05, 0) is 49.9 Å². The lowest BCUT2D eigenvalue weighted by molar-refractivity contribution is 0.0243. The van der Waals surface area contributed by atoms with Crippen molar-refractivity contribution in [3.05, 3.63) is 28.7 Å². The highest BCUT2D eigenvalue weighted by molar-refractivity contribution is 9.10. The molecule has 0 saturated heterocycles. The summed E-state index contributed by atoms with van der Waals surface area (Å²) in [5.41, 5.74) is 1.27. The van der Waals surface area contributed by atoms with E-state index < -0.39 is 0 Å². The molecule has 0 spiro atoms. The third-order valence-electron chi connectivity index (χ3n) is 3.62. The summed E-state index contributed by atoms with van der Waals surface area (Å²) in [4.78, 5) is 7.28. The number of rotatable bonds is 3. The van der Waals surface area contributed by atoms with Crippen molar-refractivity contribution in [3.8, 4) is 0 Å². The molecule has 17 heavy (non-hydrogen) atoms. The molecule has 1 aromatic carbocycles. The summed E-state index contributed by atoms with van der Waals surface area (Å²) in [7, 11) is 2.16. The maximum Gasteiger partial charge on any atom is 0.0789 e. The monoisotopic (exact) mass is 298 g/mol. The van der Waals surface area contributed by atoms with Gasteiger partial charge in [0.25, 0.3) is 0 Å². The van der Waals surface area contributed by atoms with E-state index in [9.17, 15) is 0 Å². The average molecular weight is 299 g/mol. The van der Waals surface area contributed by atoms with Crippen LogP contribution in [0.15, 0.2) is 28.7 Å². The van der Waals surface area contributed by atoms with E-state index in [1.807, 2.05) is 0 Å².